The van der Waals surface area contributed by atoms with Crippen LogP contribution < -0.4 is 4.74 Å². The molecule has 2 amide bonds. The fraction of sp³-hybridized carbons (Fsp3) is 0.167. The monoisotopic (exact) mass is 418 g/mol. The predicted octanol–water partition coefficient (Wildman–Crippen LogP) is 3.22. The number of furan rings is 1. The maximum atomic E-state index is 12.6. The number of imide groups is 1. The standard InChI is InChI=1S/C18H14N2O8S/c1-26-13-5-3-11(20(24)25)7-10(13)8-15-16(21)19(18(23)29-15)9-12-4-6-14(28-12)17(22)27-2/h3-8H,9H2,1-2H3. The lowest BCUT2D eigenvalue weighted by Crippen LogP contribution is -2.27. The maximum Gasteiger partial charge on any atom is 0.373 e. The molecule has 0 N–H and O–H groups in total. The molecule has 1 aliphatic heterocycles. The largest absolute Gasteiger partial charge is 0.496 e. The molecule has 0 aliphatic carbocycles. The predicted molar refractivity (Wildman–Crippen MR) is 101 cm³/mol. The molecule has 1 aromatic carbocycles. The Morgan fingerprint density at radius 2 is 2.03 bits per heavy atom. The molecule has 0 radical (unpaired) electrons. The second-order valence-corrected chi connectivity index (χ2v) is 6.70. The molecule has 0 saturated carbocycles. The van der Waals surface area contributed by atoms with E-state index in [0.717, 1.165) is 4.90 Å². The molecule has 0 atom stereocenters. The Bertz CT molecular complexity index is 1040. The number of carbonyl (C=O) groups excluding carboxylic acids is 3. The fourth-order valence-electron chi connectivity index (χ4n) is 2.55. The summed E-state index contributed by atoms with van der Waals surface area (Å²) in [5.41, 5.74) is 0.111. The summed E-state index contributed by atoms with van der Waals surface area (Å²) < 4.78 is 15.0. The van der Waals surface area contributed by atoms with Crippen LogP contribution in [0.25, 0.3) is 6.08 Å². The van der Waals surface area contributed by atoms with Gasteiger partial charge in [-0.1, -0.05) is 0 Å². The first-order chi connectivity index (χ1) is 13.8. The summed E-state index contributed by atoms with van der Waals surface area (Å²) in [5.74, 6) is -0.781. The molecule has 11 heteroatoms. The number of thioether (sulfide) groups is 1. The van der Waals surface area contributed by atoms with Crippen LogP contribution in [0, 0.1) is 10.1 Å². The van der Waals surface area contributed by atoms with Crippen molar-refractivity contribution in [2.75, 3.05) is 14.2 Å². The van der Waals surface area contributed by atoms with Gasteiger partial charge in [0.05, 0.1) is 30.6 Å². The van der Waals surface area contributed by atoms with Gasteiger partial charge in [0.2, 0.25) is 5.76 Å². The summed E-state index contributed by atoms with van der Waals surface area (Å²) in [7, 11) is 2.59. The van der Waals surface area contributed by atoms with E-state index in [-0.39, 0.29) is 34.2 Å². The molecule has 150 valence electrons. The van der Waals surface area contributed by atoms with Gasteiger partial charge in [0.25, 0.3) is 16.8 Å². The van der Waals surface area contributed by atoms with Crippen molar-refractivity contribution in [3.63, 3.8) is 0 Å². The molecule has 0 spiro atoms. The number of amides is 2. The Kier molecular flexibility index (Phi) is 5.69. The van der Waals surface area contributed by atoms with Gasteiger partial charge >= 0.3 is 5.97 Å². The average molecular weight is 418 g/mol. The third-order valence-corrected chi connectivity index (χ3v) is 4.85. The lowest BCUT2D eigenvalue weighted by molar-refractivity contribution is -0.384. The first kappa shape index (κ1) is 20.1. The van der Waals surface area contributed by atoms with E-state index < -0.39 is 22.0 Å². The molecule has 0 unspecified atom stereocenters. The SMILES string of the molecule is COC(=O)c1ccc(CN2C(=O)SC(=Cc3cc([N+](=O)[O-])ccc3OC)C2=O)o1. The number of carbonyl (C=O) groups is 3. The average Bonchev–Trinajstić information content (AvgIpc) is 3.28. The van der Waals surface area contributed by atoms with Gasteiger partial charge < -0.3 is 13.9 Å². The number of benzene rings is 1. The second-order valence-electron chi connectivity index (χ2n) is 5.71. The number of nitro groups is 1. The van der Waals surface area contributed by atoms with E-state index in [0.29, 0.717) is 17.5 Å². The van der Waals surface area contributed by atoms with E-state index in [2.05, 4.69) is 4.74 Å². The summed E-state index contributed by atoms with van der Waals surface area (Å²) in [4.78, 5) is 47.8. The summed E-state index contributed by atoms with van der Waals surface area (Å²) in [6, 6.07) is 6.78. The van der Waals surface area contributed by atoms with Crippen LogP contribution in [0.5, 0.6) is 5.75 Å². The van der Waals surface area contributed by atoms with Gasteiger partial charge in [-0.15, -0.1) is 0 Å². The third kappa shape index (κ3) is 4.14. The van der Waals surface area contributed by atoms with Crippen molar-refractivity contribution in [1.29, 1.82) is 0 Å². The topological polar surface area (TPSA) is 129 Å². The molecule has 3 rings (SSSR count). The highest BCUT2D eigenvalue weighted by molar-refractivity contribution is 8.18. The first-order valence-electron chi connectivity index (χ1n) is 8.09. The van der Waals surface area contributed by atoms with Crippen LogP contribution in [0.3, 0.4) is 0 Å². The van der Waals surface area contributed by atoms with Gasteiger partial charge in [0.15, 0.2) is 0 Å². The number of esters is 1. The Hall–Kier alpha value is -3.60. The molecule has 1 aromatic heterocycles. The number of hydrogen-bond donors (Lipinski definition) is 0. The van der Waals surface area contributed by atoms with Gasteiger partial charge in [0, 0.05) is 17.7 Å². The number of rotatable bonds is 6. The summed E-state index contributed by atoms with van der Waals surface area (Å²) in [6.45, 7) is -0.176. The highest BCUT2D eigenvalue weighted by Crippen LogP contribution is 2.36. The van der Waals surface area contributed by atoms with Crippen LogP contribution in [-0.2, 0) is 16.1 Å². The quantitative estimate of drug-likeness (QED) is 0.300. The van der Waals surface area contributed by atoms with Gasteiger partial charge in [-0.3, -0.25) is 24.6 Å². The first-order valence-corrected chi connectivity index (χ1v) is 8.90. The minimum absolute atomic E-state index is 0.0497. The zero-order valence-corrected chi connectivity index (χ0v) is 16.1. The Balaban J connectivity index is 1.85. The molecule has 2 aromatic rings. The minimum Gasteiger partial charge on any atom is -0.496 e. The van der Waals surface area contributed by atoms with Crippen LogP contribution in [0.2, 0.25) is 0 Å². The molecule has 0 bridgehead atoms. The third-order valence-electron chi connectivity index (χ3n) is 3.95. The summed E-state index contributed by atoms with van der Waals surface area (Å²) >= 11 is 0.687. The zero-order chi connectivity index (χ0) is 21.1. The van der Waals surface area contributed by atoms with Crippen molar-refractivity contribution < 1.29 is 33.2 Å². The van der Waals surface area contributed by atoms with Crippen molar-refractivity contribution >= 4 is 40.6 Å². The zero-order valence-electron chi connectivity index (χ0n) is 15.2. The number of non-ortho nitro benzene ring substituents is 1. The Morgan fingerprint density at radius 1 is 1.28 bits per heavy atom. The van der Waals surface area contributed by atoms with Gasteiger partial charge in [-0.25, -0.2) is 4.79 Å². The van der Waals surface area contributed by atoms with E-state index in [1.807, 2.05) is 0 Å². The highest BCUT2D eigenvalue weighted by Gasteiger charge is 2.36. The summed E-state index contributed by atoms with van der Waals surface area (Å²) in [6.07, 6.45) is 1.36. The second kappa shape index (κ2) is 8.19. The summed E-state index contributed by atoms with van der Waals surface area (Å²) in [5, 5.41) is 10.5. The van der Waals surface area contributed by atoms with E-state index in [9.17, 15) is 24.5 Å². The number of nitro benzene ring substituents is 1. The van der Waals surface area contributed by atoms with Gasteiger partial charge in [0.1, 0.15) is 11.5 Å². The molecular formula is C18H14N2O8S. The maximum absolute atomic E-state index is 12.6. The Labute approximate surface area is 168 Å². The minimum atomic E-state index is -0.678. The van der Waals surface area contributed by atoms with Crippen molar-refractivity contribution in [3.8, 4) is 5.75 Å². The highest BCUT2D eigenvalue weighted by atomic mass is 32.2. The van der Waals surface area contributed by atoms with Crippen molar-refractivity contribution in [1.82, 2.24) is 4.90 Å². The fourth-order valence-corrected chi connectivity index (χ4v) is 3.38. The van der Waals surface area contributed by atoms with Crippen molar-refractivity contribution in [2.45, 2.75) is 6.54 Å². The molecule has 1 fully saturated rings. The molecule has 1 aliphatic rings. The van der Waals surface area contributed by atoms with Crippen LogP contribution >= 0.6 is 11.8 Å². The van der Waals surface area contributed by atoms with Crippen LogP contribution in [0.1, 0.15) is 21.9 Å². The molecule has 10 nitrogen and oxygen atoms in total. The van der Waals surface area contributed by atoms with Crippen LogP contribution in [-0.4, -0.2) is 41.2 Å². The van der Waals surface area contributed by atoms with Gasteiger partial charge in [-0.05, 0) is 36.0 Å². The van der Waals surface area contributed by atoms with E-state index >= 15 is 0 Å². The molecule has 29 heavy (non-hydrogen) atoms. The van der Waals surface area contributed by atoms with E-state index in [1.54, 1.807) is 0 Å². The Morgan fingerprint density at radius 3 is 2.69 bits per heavy atom. The van der Waals surface area contributed by atoms with Gasteiger partial charge in [-0.2, -0.15) is 0 Å². The lowest BCUT2D eigenvalue weighted by Gasteiger charge is -2.10. The number of methoxy groups -OCH3 is 2. The van der Waals surface area contributed by atoms with Crippen LogP contribution in [0.15, 0.2) is 39.7 Å². The number of hydrogen-bond acceptors (Lipinski definition) is 9. The lowest BCUT2D eigenvalue weighted by atomic mass is 10.1. The molecular weight excluding hydrogens is 404 g/mol. The van der Waals surface area contributed by atoms with E-state index in [1.165, 1.54) is 50.6 Å². The van der Waals surface area contributed by atoms with E-state index in [4.69, 9.17) is 9.15 Å². The van der Waals surface area contributed by atoms with Crippen molar-refractivity contribution in [2.24, 2.45) is 0 Å². The van der Waals surface area contributed by atoms with Crippen LogP contribution in [0.4, 0.5) is 10.5 Å². The number of nitrogens with zero attached hydrogens (tertiary/aromatic N) is 2. The smallest absolute Gasteiger partial charge is 0.373 e. The molecule has 2 heterocycles. The van der Waals surface area contributed by atoms with Crippen molar-refractivity contribution in [3.05, 3.63) is 62.4 Å². The normalized spacial score (nSPS) is 15.1. The number of ether oxygens (including phenoxy) is 2. The molecule has 1 saturated heterocycles.